The van der Waals surface area contributed by atoms with Crippen LogP contribution in [0.2, 0.25) is 10.0 Å². The van der Waals surface area contributed by atoms with Gasteiger partial charge in [0.15, 0.2) is 5.82 Å². The number of nitrogens with zero attached hydrogens (tertiary/aromatic N) is 2. The van der Waals surface area contributed by atoms with Gasteiger partial charge < -0.3 is 5.32 Å². The predicted octanol–water partition coefficient (Wildman–Crippen LogP) is 3.88. The number of amides is 2. The number of anilines is 1. The SMILES string of the molecule is CC(C)(CNC(=O)Nc1cnccn1)c1ccc(Cl)cc1Cl. The van der Waals surface area contributed by atoms with Gasteiger partial charge in [0.2, 0.25) is 0 Å². The molecule has 0 spiro atoms. The first-order valence-corrected chi connectivity index (χ1v) is 7.40. The maximum Gasteiger partial charge on any atom is 0.320 e. The molecule has 0 saturated carbocycles. The van der Waals surface area contributed by atoms with Gasteiger partial charge in [-0.05, 0) is 17.7 Å². The monoisotopic (exact) mass is 338 g/mol. The van der Waals surface area contributed by atoms with Crippen molar-refractivity contribution in [1.29, 1.82) is 0 Å². The van der Waals surface area contributed by atoms with Gasteiger partial charge in [0.25, 0.3) is 0 Å². The number of hydrogen-bond donors (Lipinski definition) is 2. The molecule has 0 saturated heterocycles. The van der Waals surface area contributed by atoms with Crippen LogP contribution in [0, 0.1) is 0 Å². The summed E-state index contributed by atoms with van der Waals surface area (Å²) in [6, 6.07) is 5.00. The van der Waals surface area contributed by atoms with Crippen molar-refractivity contribution in [2.75, 3.05) is 11.9 Å². The van der Waals surface area contributed by atoms with Crippen molar-refractivity contribution in [2.24, 2.45) is 0 Å². The van der Waals surface area contributed by atoms with Gasteiger partial charge >= 0.3 is 6.03 Å². The van der Waals surface area contributed by atoms with Crippen molar-refractivity contribution in [2.45, 2.75) is 19.3 Å². The average Bonchev–Trinajstić information content (AvgIpc) is 2.46. The van der Waals surface area contributed by atoms with E-state index in [1.165, 1.54) is 18.6 Å². The van der Waals surface area contributed by atoms with Gasteiger partial charge in [-0.1, -0.05) is 43.1 Å². The Morgan fingerprint density at radius 1 is 1.27 bits per heavy atom. The number of carbonyl (C=O) groups is 1. The van der Waals surface area contributed by atoms with E-state index in [9.17, 15) is 4.79 Å². The van der Waals surface area contributed by atoms with E-state index in [4.69, 9.17) is 23.2 Å². The van der Waals surface area contributed by atoms with Crippen LogP contribution in [0.15, 0.2) is 36.8 Å². The van der Waals surface area contributed by atoms with Gasteiger partial charge in [-0.25, -0.2) is 9.78 Å². The minimum atomic E-state index is -0.348. The van der Waals surface area contributed by atoms with Crippen LogP contribution in [0.3, 0.4) is 0 Å². The maximum absolute atomic E-state index is 11.9. The molecule has 7 heteroatoms. The Balaban J connectivity index is 1.98. The van der Waals surface area contributed by atoms with Crippen LogP contribution in [0.1, 0.15) is 19.4 Å². The number of nitrogens with one attached hydrogen (secondary N) is 2. The summed E-state index contributed by atoms with van der Waals surface area (Å²) >= 11 is 12.1. The highest BCUT2D eigenvalue weighted by molar-refractivity contribution is 6.35. The summed E-state index contributed by atoms with van der Waals surface area (Å²) in [6.45, 7) is 4.38. The van der Waals surface area contributed by atoms with E-state index in [-0.39, 0.29) is 11.4 Å². The molecule has 22 heavy (non-hydrogen) atoms. The normalized spacial score (nSPS) is 11.1. The first-order valence-electron chi connectivity index (χ1n) is 6.65. The molecule has 1 aromatic carbocycles. The summed E-state index contributed by atoms with van der Waals surface area (Å²) in [4.78, 5) is 19.7. The Hall–Kier alpha value is -1.85. The zero-order chi connectivity index (χ0) is 16.2. The second-order valence-electron chi connectivity index (χ2n) is 5.41. The zero-order valence-electron chi connectivity index (χ0n) is 12.2. The molecular formula is C15H16Cl2N4O. The molecule has 0 radical (unpaired) electrons. The highest BCUT2D eigenvalue weighted by Crippen LogP contribution is 2.31. The van der Waals surface area contributed by atoms with Crippen LogP contribution >= 0.6 is 23.2 Å². The van der Waals surface area contributed by atoms with Crippen LogP contribution in [-0.2, 0) is 5.41 Å². The lowest BCUT2D eigenvalue weighted by Gasteiger charge is -2.26. The zero-order valence-corrected chi connectivity index (χ0v) is 13.7. The summed E-state index contributed by atoms with van der Waals surface area (Å²) in [5, 5.41) is 6.57. The lowest BCUT2D eigenvalue weighted by Crippen LogP contribution is -2.39. The number of aromatic nitrogens is 2. The quantitative estimate of drug-likeness (QED) is 0.888. The van der Waals surface area contributed by atoms with Crippen LogP contribution in [0.4, 0.5) is 10.6 Å². The lowest BCUT2D eigenvalue weighted by molar-refractivity contribution is 0.249. The summed E-state index contributed by atoms with van der Waals surface area (Å²) < 4.78 is 0. The third kappa shape index (κ3) is 4.32. The van der Waals surface area contributed by atoms with Crippen LogP contribution in [0.25, 0.3) is 0 Å². The number of carbonyl (C=O) groups excluding carboxylic acids is 1. The molecule has 2 amide bonds. The smallest absolute Gasteiger partial charge is 0.320 e. The highest BCUT2D eigenvalue weighted by Gasteiger charge is 2.24. The van der Waals surface area contributed by atoms with Crippen molar-refractivity contribution in [1.82, 2.24) is 15.3 Å². The van der Waals surface area contributed by atoms with Gasteiger partial charge in [-0.2, -0.15) is 0 Å². The van der Waals surface area contributed by atoms with Crippen LogP contribution in [0.5, 0.6) is 0 Å². The second-order valence-corrected chi connectivity index (χ2v) is 6.25. The molecule has 2 N–H and O–H groups in total. The summed E-state index contributed by atoms with van der Waals surface area (Å²) in [7, 11) is 0. The first-order chi connectivity index (χ1) is 10.4. The molecule has 0 aliphatic carbocycles. The molecular weight excluding hydrogens is 323 g/mol. The predicted molar refractivity (Wildman–Crippen MR) is 88.5 cm³/mol. The molecule has 0 aliphatic rings. The van der Waals surface area contributed by atoms with Gasteiger partial charge in [0.05, 0.1) is 6.20 Å². The lowest BCUT2D eigenvalue weighted by atomic mass is 9.84. The van der Waals surface area contributed by atoms with Gasteiger partial charge in [0, 0.05) is 34.4 Å². The Morgan fingerprint density at radius 3 is 2.68 bits per heavy atom. The Morgan fingerprint density at radius 2 is 2.05 bits per heavy atom. The Bertz CT molecular complexity index is 662. The van der Waals surface area contributed by atoms with Crippen LogP contribution in [-0.4, -0.2) is 22.5 Å². The maximum atomic E-state index is 11.9. The first kappa shape index (κ1) is 16.5. The highest BCUT2D eigenvalue weighted by atomic mass is 35.5. The molecule has 0 unspecified atom stereocenters. The molecule has 0 bridgehead atoms. The fourth-order valence-electron chi connectivity index (χ4n) is 1.96. The Labute approximate surface area is 139 Å². The fourth-order valence-corrected chi connectivity index (χ4v) is 2.62. The van der Waals surface area contributed by atoms with Gasteiger partial charge in [-0.3, -0.25) is 10.3 Å². The molecule has 2 aromatic rings. The molecule has 5 nitrogen and oxygen atoms in total. The third-order valence-corrected chi connectivity index (χ3v) is 3.70. The fraction of sp³-hybridized carbons (Fsp3) is 0.267. The molecule has 0 aliphatic heterocycles. The molecule has 0 atom stereocenters. The van der Waals surface area contributed by atoms with Crippen molar-refractivity contribution < 1.29 is 4.79 Å². The number of halogens is 2. The number of rotatable bonds is 4. The number of hydrogen-bond acceptors (Lipinski definition) is 3. The molecule has 116 valence electrons. The van der Waals surface area contributed by atoms with E-state index in [1.807, 2.05) is 19.9 Å². The molecule has 2 rings (SSSR count). The topological polar surface area (TPSA) is 66.9 Å². The summed E-state index contributed by atoms with van der Waals surface area (Å²) in [6.07, 6.45) is 4.52. The average molecular weight is 339 g/mol. The largest absolute Gasteiger partial charge is 0.337 e. The molecule has 1 heterocycles. The van der Waals surface area contributed by atoms with Crippen LogP contribution < -0.4 is 10.6 Å². The van der Waals surface area contributed by atoms with Crippen molar-refractivity contribution in [3.8, 4) is 0 Å². The number of urea groups is 1. The van der Waals surface area contributed by atoms with E-state index < -0.39 is 0 Å². The van der Waals surface area contributed by atoms with Crippen molar-refractivity contribution in [3.05, 3.63) is 52.4 Å². The minimum absolute atomic E-state index is 0.346. The Kier molecular flexibility index (Phi) is 5.21. The summed E-state index contributed by atoms with van der Waals surface area (Å²) in [5.41, 5.74) is 0.569. The van der Waals surface area contributed by atoms with E-state index in [0.29, 0.717) is 22.4 Å². The second kappa shape index (κ2) is 6.94. The van der Waals surface area contributed by atoms with Gasteiger partial charge in [0.1, 0.15) is 0 Å². The van der Waals surface area contributed by atoms with E-state index in [2.05, 4.69) is 20.6 Å². The molecule has 0 fully saturated rings. The molecule has 1 aromatic heterocycles. The summed E-state index contributed by atoms with van der Waals surface area (Å²) in [5.74, 6) is 0.391. The van der Waals surface area contributed by atoms with E-state index in [0.717, 1.165) is 5.56 Å². The van der Waals surface area contributed by atoms with Crippen molar-refractivity contribution in [3.63, 3.8) is 0 Å². The minimum Gasteiger partial charge on any atom is -0.337 e. The van der Waals surface area contributed by atoms with Gasteiger partial charge in [-0.15, -0.1) is 0 Å². The van der Waals surface area contributed by atoms with E-state index >= 15 is 0 Å². The van der Waals surface area contributed by atoms with Crippen molar-refractivity contribution >= 4 is 35.1 Å². The third-order valence-electron chi connectivity index (χ3n) is 3.16. The standard InChI is InChI=1S/C15H16Cl2N4O/c1-15(2,11-4-3-10(16)7-12(11)17)9-20-14(22)21-13-8-18-5-6-19-13/h3-8H,9H2,1-2H3,(H2,19,20,21,22). The number of benzene rings is 1. The van der Waals surface area contributed by atoms with E-state index in [1.54, 1.807) is 12.1 Å².